The van der Waals surface area contributed by atoms with Crippen LogP contribution >= 0.6 is 12.6 Å². The van der Waals surface area contributed by atoms with Gasteiger partial charge in [0.2, 0.25) is 118 Å². The number of carboxylic acid groups (broad SMARTS) is 4. The standard InChI is InChI=1S/C83H145N25O28S/c1-9-43(6)67(108-69(121)45(8)95-72(124)47(18-10-14-28-84)99-74(126)49(20-12-16-30-86)98-70(122)46(88)36-64(114)115)82(134)107-55(37-61(91)111)80(132)104-54(35-42(4)5)79(131)106-57(39-66(118)119)81(133)101-48(19-11-15-29-85)73(125)94-44(7)68(120)97-51(22-24-59(89)109)76(128)102-52(23-25-60(90)110)77(129)100-50(21-13-17-31-87)75(127)103-53(34-41(2)3)78(130)105-56(38-65(116)117)71(123)93-33-26-62(112)92-32-27-63(113)96-58(40-137)83(135)136/h41-58,67,137H,9-40,84-88H2,1-8H3,(H2,89,109)(H2,90,110)(H2,91,111)(H,92,112)(H,93,123)(H,94,125)(H,95,124)(H,96,113)(H,97,120)(H,98,122)(H,99,126)(H,100,129)(H,101,133)(H,102,128)(H,103,127)(H,104,132)(H,105,130)(H,106,131)(H,107,134)(H,108,121)(H,114,115)(H,116,117)(H,118,119)(H,135,136)/t43-,44-,45-,46-,47-,48-,49-,50-,51-,52-,53-,54-,55-,56-,57-,58-,67-/m0/s1. The summed E-state index contributed by atoms with van der Waals surface area (Å²) in [5.41, 5.74) is 45.1. The first-order valence-electron chi connectivity index (χ1n) is 45.3. The maximum atomic E-state index is 14.4. The van der Waals surface area contributed by atoms with Crippen LogP contribution < -0.4 is 136 Å². The number of nitrogens with one attached hydrogen (secondary N) is 17. The van der Waals surface area contributed by atoms with E-state index in [4.69, 9.17) is 51.0 Å². The molecule has 0 radical (unpaired) electrons. The van der Waals surface area contributed by atoms with E-state index in [1.807, 2.05) is 0 Å². The minimum absolute atomic E-state index is 0.0000539. The van der Waals surface area contributed by atoms with Crippen LogP contribution in [0.1, 0.15) is 216 Å². The molecule has 54 heteroatoms. The van der Waals surface area contributed by atoms with E-state index in [9.17, 15) is 130 Å². The van der Waals surface area contributed by atoms with Crippen molar-refractivity contribution in [3.05, 3.63) is 0 Å². The maximum absolute atomic E-state index is 14.4. The number of hydrogen-bond donors (Lipinski definition) is 30. The third-order valence-electron chi connectivity index (χ3n) is 20.9. The van der Waals surface area contributed by atoms with Gasteiger partial charge in [0.05, 0.1) is 31.7 Å². The Bertz CT molecular complexity index is 4080. The number of rotatable bonds is 74. The molecule has 0 aromatic rings. The van der Waals surface area contributed by atoms with Crippen molar-refractivity contribution >= 4 is 155 Å². The van der Waals surface area contributed by atoms with Gasteiger partial charge in [0.1, 0.15) is 90.6 Å². The van der Waals surface area contributed by atoms with Crippen molar-refractivity contribution in [1.29, 1.82) is 0 Å². The van der Waals surface area contributed by atoms with Crippen LogP contribution in [-0.4, -0.2) is 304 Å². The predicted molar refractivity (Wildman–Crippen MR) is 492 cm³/mol. The van der Waals surface area contributed by atoms with Crippen LogP contribution in [0.2, 0.25) is 0 Å². The molecule has 53 nitrogen and oxygen atoms in total. The smallest absolute Gasteiger partial charge is 0.327 e. The average molecular weight is 1970 g/mol. The number of unbranched alkanes of at least 4 members (excludes halogenated alkanes) is 4. The Morgan fingerprint density at radius 3 is 0.912 bits per heavy atom. The zero-order valence-electron chi connectivity index (χ0n) is 78.7. The molecule has 0 aliphatic rings. The van der Waals surface area contributed by atoms with Gasteiger partial charge in [-0.3, -0.25) is 110 Å². The van der Waals surface area contributed by atoms with Gasteiger partial charge in [0.25, 0.3) is 0 Å². The molecule has 0 heterocycles. The molecule has 0 aromatic carbocycles. The molecular weight excluding hydrogens is 1830 g/mol. The fourth-order valence-corrected chi connectivity index (χ4v) is 13.3. The molecule has 0 spiro atoms. The van der Waals surface area contributed by atoms with Crippen molar-refractivity contribution in [2.24, 2.45) is 63.6 Å². The van der Waals surface area contributed by atoms with Crippen LogP contribution in [0.5, 0.6) is 0 Å². The van der Waals surface area contributed by atoms with Gasteiger partial charge >= 0.3 is 23.9 Å². The fraction of sp³-hybridized carbons (Fsp3) is 0.711. The second kappa shape index (κ2) is 67.6. The summed E-state index contributed by atoms with van der Waals surface area (Å²) in [7, 11) is 0. The molecular formula is C83H145N25O28S. The van der Waals surface area contributed by atoms with Crippen LogP contribution in [0.15, 0.2) is 0 Å². The minimum atomic E-state index is -2.07. The second-order valence-electron chi connectivity index (χ2n) is 33.8. The van der Waals surface area contributed by atoms with Crippen molar-refractivity contribution < 1.29 is 135 Å². The van der Waals surface area contributed by atoms with Gasteiger partial charge in [-0.2, -0.15) is 12.6 Å². The molecule has 37 N–H and O–H groups in total. The molecule has 0 fully saturated rings. The number of aliphatic carboxylic acids is 4. The lowest BCUT2D eigenvalue weighted by atomic mass is 9.97. The van der Waals surface area contributed by atoms with E-state index in [1.54, 1.807) is 34.6 Å². The highest BCUT2D eigenvalue weighted by molar-refractivity contribution is 7.80. The number of carbonyl (C=O) groups excluding carboxylic acids is 20. The van der Waals surface area contributed by atoms with Gasteiger partial charge in [-0.1, -0.05) is 48.0 Å². The van der Waals surface area contributed by atoms with Gasteiger partial charge in [0.15, 0.2) is 0 Å². The summed E-state index contributed by atoms with van der Waals surface area (Å²) in [6.45, 7) is 11.9. The number of hydrogen-bond acceptors (Lipinski definition) is 30. The van der Waals surface area contributed by atoms with Crippen LogP contribution in [0.25, 0.3) is 0 Å². The number of thiol groups is 1. The summed E-state index contributed by atoms with van der Waals surface area (Å²) in [5, 5.41) is 78.9. The Hall–Kier alpha value is -12.6. The zero-order chi connectivity index (χ0) is 104. The number of carboxylic acids is 4. The molecule has 0 bridgehead atoms. The monoisotopic (exact) mass is 1970 g/mol. The summed E-state index contributed by atoms with van der Waals surface area (Å²) in [6, 6.07) is -26.2. The number of primary amides is 3. The summed E-state index contributed by atoms with van der Waals surface area (Å²) in [5.74, 6) is -28.9. The van der Waals surface area contributed by atoms with Crippen LogP contribution in [0.4, 0.5) is 0 Å². The summed E-state index contributed by atoms with van der Waals surface area (Å²) < 4.78 is 0. The number of carbonyl (C=O) groups is 24. The Balaban J connectivity index is 7.08. The lowest BCUT2D eigenvalue weighted by Gasteiger charge is -2.29. The summed E-state index contributed by atoms with van der Waals surface area (Å²) >= 11 is 3.86. The molecule has 0 saturated heterocycles. The Morgan fingerprint density at radius 1 is 0.285 bits per heavy atom. The van der Waals surface area contributed by atoms with Gasteiger partial charge in [-0.05, 0) is 161 Å². The van der Waals surface area contributed by atoms with Gasteiger partial charge < -0.3 is 157 Å². The van der Waals surface area contributed by atoms with E-state index >= 15 is 0 Å². The molecule has 137 heavy (non-hydrogen) atoms. The Morgan fingerprint density at radius 2 is 0.577 bits per heavy atom. The summed E-state index contributed by atoms with van der Waals surface area (Å²) in [4.78, 5) is 320. The third-order valence-corrected chi connectivity index (χ3v) is 21.2. The van der Waals surface area contributed by atoms with E-state index in [0.717, 1.165) is 6.92 Å². The molecule has 0 aliphatic carbocycles. The third kappa shape index (κ3) is 52.9. The van der Waals surface area contributed by atoms with Gasteiger partial charge in [-0.25, -0.2) is 4.79 Å². The van der Waals surface area contributed by atoms with Crippen molar-refractivity contribution in [2.45, 2.75) is 313 Å². The first-order chi connectivity index (χ1) is 64.3. The minimum Gasteiger partial charge on any atom is -0.481 e. The molecule has 0 aromatic heterocycles. The van der Waals surface area contributed by atoms with Crippen LogP contribution in [0.3, 0.4) is 0 Å². The van der Waals surface area contributed by atoms with Crippen molar-refractivity contribution in [3.63, 3.8) is 0 Å². The molecule has 0 unspecified atom stereocenters. The highest BCUT2D eigenvalue weighted by atomic mass is 32.1. The topological polar surface area (TPSA) is 903 Å². The predicted octanol–water partition coefficient (Wildman–Crippen LogP) is -9.86. The normalized spacial score (nSPS) is 14.8. The molecule has 17 atom stereocenters. The largest absolute Gasteiger partial charge is 0.481 e. The quantitative estimate of drug-likeness (QED) is 0.0199. The molecule has 776 valence electrons. The van der Waals surface area contributed by atoms with Gasteiger partial charge in [-0.15, -0.1) is 0 Å². The van der Waals surface area contributed by atoms with E-state index < -0.39 is 321 Å². The van der Waals surface area contributed by atoms with Crippen molar-refractivity contribution in [1.82, 2.24) is 90.4 Å². The lowest BCUT2D eigenvalue weighted by molar-refractivity contribution is -0.142. The Kier molecular flexibility index (Phi) is 61.4. The van der Waals surface area contributed by atoms with Crippen LogP contribution in [0, 0.1) is 17.8 Å². The van der Waals surface area contributed by atoms with E-state index in [1.165, 1.54) is 13.8 Å². The van der Waals surface area contributed by atoms with Crippen molar-refractivity contribution in [2.75, 3.05) is 45.0 Å². The highest BCUT2D eigenvalue weighted by Gasteiger charge is 2.40. The lowest BCUT2D eigenvalue weighted by Crippen LogP contribution is -2.61. The fourth-order valence-electron chi connectivity index (χ4n) is 13.1. The van der Waals surface area contributed by atoms with Gasteiger partial charge in [0, 0.05) is 44.5 Å². The molecule has 0 aliphatic heterocycles. The van der Waals surface area contributed by atoms with Crippen molar-refractivity contribution in [3.8, 4) is 0 Å². The van der Waals surface area contributed by atoms with E-state index in [0.29, 0.717) is 19.3 Å². The Labute approximate surface area is 798 Å². The average Bonchev–Trinajstić information content (AvgIpc) is 0.845. The second-order valence-corrected chi connectivity index (χ2v) is 34.1. The first-order valence-corrected chi connectivity index (χ1v) is 45.9. The molecule has 0 rings (SSSR count). The molecule has 0 saturated carbocycles. The number of amides is 20. The maximum Gasteiger partial charge on any atom is 0.327 e. The summed E-state index contributed by atoms with van der Waals surface area (Å²) in [6.07, 6.45) is -5.76. The number of nitrogens with two attached hydrogens (primary N) is 8. The zero-order valence-corrected chi connectivity index (χ0v) is 79.6. The molecule has 20 amide bonds. The SMILES string of the molecule is CC[C@H](C)[C@H](NC(=O)[C@H](C)NC(=O)[C@H](CCCCN)NC(=O)[C@H](CCCCN)NC(=O)[C@@H](N)CC(=O)O)C(=O)N[C@@H](CC(N)=O)C(=O)N[C@@H](CC(C)C)C(=O)N[C@@H](CC(=O)O)C(=O)N[C@@H](CCCCN)C(=O)N[C@@H](C)C(=O)N[C@@H](CCC(N)=O)C(=O)N[C@@H](CCC(N)=O)C(=O)N[C@@H](CCCCN)C(=O)N[C@@H](CC(C)C)C(=O)N[C@@H](CC(=O)O)C(=O)NCCC(=O)NCCC(=O)N[C@@H](CS)C(=O)O. The highest BCUT2D eigenvalue weighted by Crippen LogP contribution is 2.17. The van der Waals surface area contributed by atoms with Crippen LogP contribution in [-0.2, 0) is 115 Å². The van der Waals surface area contributed by atoms with E-state index in [2.05, 4.69) is 103 Å². The van der Waals surface area contributed by atoms with E-state index in [-0.39, 0.29) is 122 Å². The first kappa shape index (κ1) is 124.